The van der Waals surface area contributed by atoms with E-state index in [-0.39, 0.29) is 19.1 Å². The summed E-state index contributed by atoms with van der Waals surface area (Å²) in [5.41, 5.74) is 0. The molecule has 8 nitrogen and oxygen atoms in total. The summed E-state index contributed by atoms with van der Waals surface area (Å²) >= 11 is 0. The SMILES string of the molecule is CC/C=C\C/C=C\C/C=C\C/C=C\C/C=C\C/C=C\C/C=C\C/C=C\C/C=C\C/C=C\CCCCCCC(=O)NC(COP(=O)([O-])OCC[N+](C)(C)C)C(O)CCCCCCCCCCCCCCCCC. The monoisotopic (exact) mass is 1020 g/mol. The van der Waals surface area contributed by atoms with Crippen molar-refractivity contribution in [1.29, 1.82) is 0 Å². The lowest BCUT2D eigenvalue weighted by molar-refractivity contribution is -0.870. The van der Waals surface area contributed by atoms with Crippen LogP contribution >= 0.6 is 7.82 Å². The summed E-state index contributed by atoms with van der Waals surface area (Å²) < 4.78 is 23.4. The number of nitrogens with zero attached hydrogens (tertiary/aromatic N) is 1. The second-order valence-electron chi connectivity index (χ2n) is 20.3. The highest BCUT2D eigenvalue weighted by molar-refractivity contribution is 7.45. The number of hydrogen-bond acceptors (Lipinski definition) is 6. The van der Waals surface area contributed by atoms with Crippen molar-refractivity contribution in [2.45, 2.75) is 231 Å². The molecule has 0 saturated carbocycles. The van der Waals surface area contributed by atoms with Gasteiger partial charge in [0.15, 0.2) is 0 Å². The second kappa shape index (κ2) is 52.8. The zero-order valence-corrected chi connectivity index (χ0v) is 47.7. The van der Waals surface area contributed by atoms with Gasteiger partial charge in [-0.3, -0.25) is 9.36 Å². The van der Waals surface area contributed by atoms with Gasteiger partial charge in [0.1, 0.15) is 13.2 Å². The third-order valence-corrected chi connectivity index (χ3v) is 13.2. The molecule has 0 heterocycles. The smallest absolute Gasteiger partial charge is 0.268 e. The average Bonchev–Trinajstić information content (AvgIpc) is 3.34. The van der Waals surface area contributed by atoms with E-state index < -0.39 is 20.0 Å². The Bertz CT molecular complexity index is 1580. The van der Waals surface area contributed by atoms with E-state index in [4.69, 9.17) is 9.05 Å². The summed E-state index contributed by atoms with van der Waals surface area (Å²) in [5, 5.41) is 14.0. The predicted octanol–water partition coefficient (Wildman–Crippen LogP) is 17.1. The van der Waals surface area contributed by atoms with Crippen molar-refractivity contribution in [2.24, 2.45) is 0 Å². The van der Waals surface area contributed by atoms with Gasteiger partial charge >= 0.3 is 0 Å². The topological polar surface area (TPSA) is 108 Å². The van der Waals surface area contributed by atoms with E-state index in [9.17, 15) is 19.4 Å². The number of aliphatic hydroxyl groups excluding tert-OH is 1. The quantitative estimate of drug-likeness (QED) is 0.0272. The van der Waals surface area contributed by atoms with Gasteiger partial charge in [-0.25, -0.2) is 0 Å². The van der Waals surface area contributed by atoms with Gasteiger partial charge in [0.25, 0.3) is 7.82 Å². The van der Waals surface area contributed by atoms with Crippen molar-refractivity contribution in [2.75, 3.05) is 40.9 Å². The number of rotatable bonds is 51. The van der Waals surface area contributed by atoms with Crippen LogP contribution in [0.25, 0.3) is 0 Å². The van der Waals surface area contributed by atoms with Gasteiger partial charge in [-0.2, -0.15) is 0 Å². The Labute approximate surface area is 444 Å². The molecule has 0 fully saturated rings. The predicted molar refractivity (Wildman–Crippen MR) is 311 cm³/mol. The Kier molecular flexibility index (Phi) is 50.5. The number of aliphatic hydroxyl groups is 1. The number of hydrogen-bond donors (Lipinski definition) is 2. The molecule has 0 aliphatic heterocycles. The van der Waals surface area contributed by atoms with Crippen LogP contribution in [0.15, 0.2) is 122 Å². The molecule has 9 heteroatoms. The van der Waals surface area contributed by atoms with E-state index in [1.807, 2.05) is 21.1 Å². The maximum absolute atomic E-state index is 13.0. The van der Waals surface area contributed by atoms with Gasteiger partial charge in [-0.15, -0.1) is 0 Å². The highest BCUT2D eigenvalue weighted by Gasteiger charge is 2.24. The van der Waals surface area contributed by atoms with E-state index in [1.165, 1.54) is 77.0 Å². The third kappa shape index (κ3) is 54.7. The molecule has 0 saturated heterocycles. The number of likely N-dealkylation sites (N-methyl/N-ethyl adjacent to an activating group) is 1. The van der Waals surface area contributed by atoms with Gasteiger partial charge in [0.05, 0.1) is 39.9 Å². The Balaban J connectivity index is 4.23. The Hall–Kier alpha value is -3.10. The van der Waals surface area contributed by atoms with Crippen molar-refractivity contribution < 1.29 is 32.9 Å². The first-order chi connectivity index (χ1) is 35.0. The molecule has 412 valence electrons. The molecule has 72 heavy (non-hydrogen) atoms. The molecule has 0 aliphatic rings. The van der Waals surface area contributed by atoms with Crippen LogP contribution in [0.3, 0.4) is 0 Å². The Morgan fingerprint density at radius 3 is 1.24 bits per heavy atom. The Morgan fingerprint density at radius 1 is 0.500 bits per heavy atom. The fourth-order valence-corrected chi connectivity index (χ4v) is 8.44. The molecule has 1 amide bonds. The molecule has 0 rings (SSSR count). The summed E-state index contributed by atoms with van der Waals surface area (Å²) in [6, 6.07) is -0.823. The molecule has 3 unspecified atom stereocenters. The standard InChI is InChI=1S/C63H109N2O6P/c1-6-8-10-12-14-16-18-20-22-23-24-25-26-27-28-29-30-31-32-33-34-35-36-37-38-39-40-41-43-45-47-49-51-53-55-57-63(67)64-61(60-71-72(68,69)70-59-58-65(3,4)5)62(66)56-54-52-50-48-46-44-42-21-19-17-15-13-11-9-7-2/h8,10,14,16,20,22,24-25,27-28,30-31,33-34,36-37,39-40,43,45,61-62,66H,6-7,9,11-13,15,17-19,21,23,26,29,32,35,38,41-42,44,46-60H2,1-5H3,(H-,64,67,68,69)/b10-8-,16-14-,22-20-,25-24-,28-27-,31-30-,34-33-,37-36-,40-39-,45-43-. The van der Waals surface area contributed by atoms with Gasteiger partial charge in [0.2, 0.25) is 5.91 Å². The molecule has 0 aromatic heterocycles. The molecule has 0 aromatic carbocycles. The van der Waals surface area contributed by atoms with E-state index in [2.05, 4.69) is 141 Å². The van der Waals surface area contributed by atoms with Crippen LogP contribution in [-0.2, 0) is 18.4 Å². The number of amides is 1. The number of phosphoric ester groups is 1. The molecular weight excluding hydrogens is 912 g/mol. The molecular formula is C63H109N2O6P. The second-order valence-corrected chi connectivity index (χ2v) is 21.7. The minimum atomic E-state index is -4.59. The number of allylic oxidation sites excluding steroid dienone is 20. The molecule has 0 spiro atoms. The van der Waals surface area contributed by atoms with Crippen LogP contribution in [0.4, 0.5) is 0 Å². The zero-order chi connectivity index (χ0) is 52.7. The van der Waals surface area contributed by atoms with Gasteiger partial charge in [-0.05, 0) is 89.9 Å². The first kappa shape index (κ1) is 68.9. The van der Waals surface area contributed by atoms with Gasteiger partial charge in [0, 0.05) is 6.42 Å². The summed E-state index contributed by atoms with van der Waals surface area (Å²) in [7, 11) is 1.27. The highest BCUT2D eigenvalue weighted by atomic mass is 31.2. The number of unbranched alkanes of at least 4 members (excludes halogenated alkanes) is 18. The summed E-state index contributed by atoms with van der Waals surface area (Å²) in [6.45, 7) is 4.57. The average molecular weight is 1020 g/mol. The van der Waals surface area contributed by atoms with E-state index in [0.717, 1.165) is 116 Å². The van der Waals surface area contributed by atoms with E-state index >= 15 is 0 Å². The first-order valence-electron chi connectivity index (χ1n) is 28.9. The summed E-state index contributed by atoms with van der Waals surface area (Å²) in [6.07, 6.45) is 78.0. The fraction of sp³-hybridized carbons (Fsp3) is 0.667. The fourth-order valence-electron chi connectivity index (χ4n) is 7.71. The van der Waals surface area contributed by atoms with Gasteiger partial charge in [-0.1, -0.05) is 245 Å². The lowest BCUT2D eigenvalue weighted by Crippen LogP contribution is -2.46. The van der Waals surface area contributed by atoms with Crippen molar-refractivity contribution in [3.8, 4) is 0 Å². The van der Waals surface area contributed by atoms with Crippen molar-refractivity contribution in [3.05, 3.63) is 122 Å². The van der Waals surface area contributed by atoms with Crippen LogP contribution in [0.5, 0.6) is 0 Å². The van der Waals surface area contributed by atoms with E-state index in [0.29, 0.717) is 23.9 Å². The molecule has 3 atom stereocenters. The van der Waals surface area contributed by atoms with Crippen LogP contribution in [0.2, 0.25) is 0 Å². The van der Waals surface area contributed by atoms with Crippen LogP contribution in [0.1, 0.15) is 219 Å². The highest BCUT2D eigenvalue weighted by Crippen LogP contribution is 2.38. The first-order valence-corrected chi connectivity index (χ1v) is 30.3. The van der Waals surface area contributed by atoms with Crippen LogP contribution in [-0.4, -0.2) is 68.5 Å². The normalized spacial score (nSPS) is 14.8. The number of nitrogens with one attached hydrogen (secondary N) is 1. The van der Waals surface area contributed by atoms with E-state index in [1.54, 1.807) is 0 Å². The number of carbonyl (C=O) groups is 1. The third-order valence-electron chi connectivity index (χ3n) is 12.2. The van der Waals surface area contributed by atoms with Crippen molar-refractivity contribution >= 4 is 13.7 Å². The number of quaternary nitrogens is 1. The number of carbonyl (C=O) groups excluding carboxylic acids is 1. The maximum Gasteiger partial charge on any atom is 0.268 e. The molecule has 0 aromatic rings. The molecule has 0 aliphatic carbocycles. The maximum atomic E-state index is 13.0. The summed E-state index contributed by atoms with van der Waals surface area (Å²) in [4.78, 5) is 25.5. The minimum Gasteiger partial charge on any atom is -0.756 e. The largest absolute Gasteiger partial charge is 0.756 e. The molecule has 0 radical (unpaired) electrons. The van der Waals surface area contributed by atoms with Crippen molar-refractivity contribution in [1.82, 2.24) is 5.32 Å². The summed E-state index contributed by atoms with van der Waals surface area (Å²) in [5.74, 6) is -0.194. The minimum absolute atomic E-state index is 0.000425. The molecule has 0 bridgehead atoms. The van der Waals surface area contributed by atoms with Crippen LogP contribution in [0, 0.1) is 0 Å². The Morgan fingerprint density at radius 2 is 0.847 bits per heavy atom. The molecule has 2 N–H and O–H groups in total. The lowest BCUT2D eigenvalue weighted by Gasteiger charge is -2.30. The van der Waals surface area contributed by atoms with Crippen LogP contribution < -0.4 is 10.2 Å². The van der Waals surface area contributed by atoms with Crippen molar-refractivity contribution in [3.63, 3.8) is 0 Å². The number of phosphoric acid groups is 1. The zero-order valence-electron chi connectivity index (χ0n) is 46.8. The lowest BCUT2D eigenvalue weighted by atomic mass is 10.0. The van der Waals surface area contributed by atoms with Gasteiger partial charge < -0.3 is 28.8 Å².